The molecule has 0 spiro atoms. The average Bonchev–Trinajstić information content (AvgIpc) is 2.65. The molecule has 0 bridgehead atoms. The molecule has 12 heteroatoms. The van der Waals surface area contributed by atoms with E-state index in [1.54, 1.807) is 13.8 Å². The van der Waals surface area contributed by atoms with E-state index in [1.807, 2.05) is 0 Å². The molecule has 0 aromatic rings. The summed E-state index contributed by atoms with van der Waals surface area (Å²) in [6.45, 7) is 6.32. The van der Waals surface area contributed by atoms with Crippen molar-refractivity contribution in [1.29, 1.82) is 0 Å². The van der Waals surface area contributed by atoms with Gasteiger partial charge in [-0.25, -0.2) is 0 Å². The third-order valence-corrected chi connectivity index (χ3v) is 4.77. The molecule has 11 nitrogen and oxygen atoms in total. The molecule has 0 radical (unpaired) electrons. The molecule has 0 fully saturated rings. The fraction of sp³-hybridized carbons (Fsp3) is 0.700. The summed E-state index contributed by atoms with van der Waals surface area (Å²) in [6, 6.07) is 0. The lowest BCUT2D eigenvalue weighted by Gasteiger charge is -2.23. The van der Waals surface area contributed by atoms with Gasteiger partial charge in [0.05, 0.1) is 25.9 Å². The molecule has 0 aromatic heterocycles. The van der Waals surface area contributed by atoms with E-state index in [4.69, 9.17) is 19.3 Å². The number of hydrogen-bond donors (Lipinski definition) is 2. The Morgan fingerprint density at radius 1 is 0.938 bits per heavy atom. The maximum absolute atomic E-state index is 12.1. The molecule has 0 saturated carbocycles. The molecule has 0 rings (SSSR count). The Morgan fingerprint density at radius 2 is 1.56 bits per heavy atom. The van der Waals surface area contributed by atoms with E-state index < -0.39 is 34.9 Å². The first-order valence-electron chi connectivity index (χ1n) is 10.0. The van der Waals surface area contributed by atoms with Crippen LogP contribution in [0.5, 0.6) is 0 Å². The minimum atomic E-state index is -1.20. The zero-order valence-electron chi connectivity index (χ0n) is 18.8. The van der Waals surface area contributed by atoms with Gasteiger partial charge < -0.3 is 24.6 Å². The second kappa shape index (κ2) is 15.2. The average molecular weight is 478 g/mol. The van der Waals surface area contributed by atoms with Crippen molar-refractivity contribution in [2.45, 2.75) is 77.3 Å². The standard InChI is InChI=1S/C20H31NO10S/c1-13(22)21-12-20(3,4)32-18(28)10-9-17(27)31-19(30-14(2)23)6-5-11-29-16(26)8-7-15(24)25/h19H,5-12H2,1-4H3,(H,21,22)(H,24,25). The van der Waals surface area contributed by atoms with Gasteiger partial charge in [0.1, 0.15) is 0 Å². The number of carboxylic acid groups (broad SMARTS) is 1. The van der Waals surface area contributed by atoms with Crippen LogP contribution in [0.4, 0.5) is 0 Å². The largest absolute Gasteiger partial charge is 0.481 e. The summed E-state index contributed by atoms with van der Waals surface area (Å²) in [7, 11) is 0. The number of carbonyl (C=O) groups is 6. The van der Waals surface area contributed by atoms with Crippen LogP contribution < -0.4 is 5.32 Å². The van der Waals surface area contributed by atoms with Crippen molar-refractivity contribution in [2.75, 3.05) is 13.2 Å². The summed E-state index contributed by atoms with van der Waals surface area (Å²) >= 11 is 1.01. The normalized spacial score (nSPS) is 11.8. The van der Waals surface area contributed by atoms with Crippen molar-refractivity contribution in [1.82, 2.24) is 5.32 Å². The molecule has 0 aliphatic heterocycles. The van der Waals surface area contributed by atoms with E-state index >= 15 is 0 Å². The highest BCUT2D eigenvalue weighted by Crippen LogP contribution is 2.26. The van der Waals surface area contributed by atoms with Crippen LogP contribution in [0.25, 0.3) is 0 Å². The number of ether oxygens (including phenoxy) is 3. The van der Waals surface area contributed by atoms with Gasteiger partial charge in [-0.2, -0.15) is 0 Å². The first kappa shape index (κ1) is 29.4. The second-order valence-electron chi connectivity index (χ2n) is 7.43. The number of carboxylic acids is 1. The lowest BCUT2D eigenvalue weighted by molar-refractivity contribution is -0.188. The van der Waals surface area contributed by atoms with Gasteiger partial charge in [-0.3, -0.25) is 28.8 Å². The predicted molar refractivity (Wildman–Crippen MR) is 113 cm³/mol. The minimum Gasteiger partial charge on any atom is -0.481 e. The monoisotopic (exact) mass is 477 g/mol. The topological polar surface area (TPSA) is 162 Å². The third-order valence-electron chi connectivity index (χ3n) is 3.64. The molecule has 32 heavy (non-hydrogen) atoms. The molecule has 0 aliphatic rings. The second-order valence-corrected chi connectivity index (χ2v) is 9.19. The molecule has 1 amide bonds. The van der Waals surface area contributed by atoms with Gasteiger partial charge in [0.15, 0.2) is 5.12 Å². The molecular formula is C20H31NO10S. The number of hydrogen-bond acceptors (Lipinski definition) is 10. The zero-order valence-corrected chi connectivity index (χ0v) is 19.6. The summed E-state index contributed by atoms with van der Waals surface area (Å²) in [5.41, 5.74) is 0. The lowest BCUT2D eigenvalue weighted by atomic mass is 10.2. The van der Waals surface area contributed by atoms with Gasteiger partial charge in [-0.05, 0) is 20.3 Å². The van der Waals surface area contributed by atoms with Crippen molar-refractivity contribution in [3.8, 4) is 0 Å². The van der Waals surface area contributed by atoms with Gasteiger partial charge in [0.25, 0.3) is 0 Å². The van der Waals surface area contributed by atoms with E-state index in [0.29, 0.717) is 6.54 Å². The van der Waals surface area contributed by atoms with Crippen molar-refractivity contribution >= 4 is 46.7 Å². The summed E-state index contributed by atoms with van der Waals surface area (Å²) in [5, 5.41) is 10.9. The van der Waals surface area contributed by atoms with E-state index in [2.05, 4.69) is 5.32 Å². The van der Waals surface area contributed by atoms with Crippen LogP contribution in [0.3, 0.4) is 0 Å². The number of rotatable bonds is 15. The molecule has 182 valence electrons. The Kier molecular flexibility index (Phi) is 14.0. The van der Waals surface area contributed by atoms with Gasteiger partial charge in [0, 0.05) is 38.0 Å². The van der Waals surface area contributed by atoms with Crippen molar-refractivity contribution < 1.29 is 48.1 Å². The Bertz CT molecular complexity index is 692. The SMILES string of the molecule is CC(=O)NCC(C)(C)SC(=O)CCC(=O)OC(CCCOC(=O)CCC(=O)O)OC(C)=O. The Balaban J connectivity index is 4.38. The maximum atomic E-state index is 12.1. The predicted octanol–water partition coefficient (Wildman–Crippen LogP) is 1.56. The number of aliphatic carboxylic acids is 1. The molecule has 1 unspecified atom stereocenters. The third kappa shape index (κ3) is 17.1. The minimum absolute atomic E-state index is 0.0595. The van der Waals surface area contributed by atoms with E-state index in [9.17, 15) is 28.8 Å². The first-order chi connectivity index (χ1) is 14.8. The fourth-order valence-corrected chi connectivity index (χ4v) is 3.15. The molecule has 1 atom stereocenters. The highest BCUT2D eigenvalue weighted by atomic mass is 32.2. The van der Waals surface area contributed by atoms with Crippen LogP contribution >= 0.6 is 11.8 Å². The van der Waals surface area contributed by atoms with Crippen LogP contribution in [0.1, 0.15) is 66.2 Å². The van der Waals surface area contributed by atoms with Crippen molar-refractivity contribution in [3.63, 3.8) is 0 Å². The van der Waals surface area contributed by atoms with Gasteiger partial charge >= 0.3 is 23.9 Å². The summed E-state index contributed by atoms with van der Waals surface area (Å²) < 4.78 is 14.3. The molecular weight excluding hydrogens is 446 g/mol. The fourth-order valence-electron chi connectivity index (χ4n) is 2.19. The number of thioether (sulfide) groups is 1. The highest BCUT2D eigenvalue weighted by Gasteiger charge is 2.24. The molecule has 0 saturated heterocycles. The molecule has 0 aliphatic carbocycles. The van der Waals surface area contributed by atoms with Gasteiger partial charge in [-0.15, -0.1) is 0 Å². The number of esters is 3. The Labute approximate surface area is 190 Å². The van der Waals surface area contributed by atoms with Crippen molar-refractivity contribution in [3.05, 3.63) is 0 Å². The number of amides is 1. The van der Waals surface area contributed by atoms with Crippen LogP contribution in [0.2, 0.25) is 0 Å². The quantitative estimate of drug-likeness (QED) is 0.200. The Hall–Kier alpha value is -2.63. The number of carbonyl (C=O) groups excluding carboxylic acids is 5. The van der Waals surface area contributed by atoms with Crippen LogP contribution in [-0.4, -0.2) is 64.2 Å². The van der Waals surface area contributed by atoms with Crippen molar-refractivity contribution in [2.24, 2.45) is 0 Å². The zero-order chi connectivity index (χ0) is 24.7. The van der Waals surface area contributed by atoms with Gasteiger partial charge in [-0.1, -0.05) is 11.8 Å². The van der Waals surface area contributed by atoms with Crippen LogP contribution in [0, 0.1) is 0 Å². The molecule has 2 N–H and O–H groups in total. The Morgan fingerprint density at radius 3 is 2.12 bits per heavy atom. The first-order valence-corrected chi connectivity index (χ1v) is 10.8. The van der Waals surface area contributed by atoms with E-state index in [1.165, 1.54) is 6.92 Å². The van der Waals surface area contributed by atoms with Crippen LogP contribution in [-0.2, 0) is 43.0 Å². The summed E-state index contributed by atoms with van der Waals surface area (Å²) in [5.74, 6) is -3.40. The van der Waals surface area contributed by atoms with E-state index in [-0.39, 0.29) is 56.2 Å². The highest BCUT2D eigenvalue weighted by molar-refractivity contribution is 8.14. The number of nitrogens with one attached hydrogen (secondary N) is 1. The summed E-state index contributed by atoms with van der Waals surface area (Å²) in [6.07, 6.45) is -1.85. The molecule has 0 aromatic carbocycles. The van der Waals surface area contributed by atoms with Crippen LogP contribution in [0.15, 0.2) is 0 Å². The smallest absolute Gasteiger partial charge is 0.309 e. The summed E-state index contributed by atoms with van der Waals surface area (Å²) in [4.78, 5) is 68.1. The maximum Gasteiger partial charge on any atom is 0.309 e. The van der Waals surface area contributed by atoms with Gasteiger partial charge in [0.2, 0.25) is 12.2 Å². The molecule has 0 heterocycles. The lowest BCUT2D eigenvalue weighted by Crippen LogP contribution is -2.35. The van der Waals surface area contributed by atoms with E-state index in [0.717, 1.165) is 18.7 Å².